The van der Waals surface area contributed by atoms with E-state index in [1.54, 1.807) is 0 Å². The van der Waals surface area contributed by atoms with E-state index >= 15 is 0 Å². The molecule has 0 aliphatic carbocycles. The van der Waals surface area contributed by atoms with Crippen LogP contribution in [0.1, 0.15) is 17.5 Å². The van der Waals surface area contributed by atoms with E-state index < -0.39 is 0 Å². The second-order valence-corrected chi connectivity index (χ2v) is 6.36. The van der Waals surface area contributed by atoms with Gasteiger partial charge in [0.05, 0.1) is 13.3 Å². The highest BCUT2D eigenvalue weighted by Crippen LogP contribution is 2.17. The van der Waals surface area contributed by atoms with Crippen LogP contribution in [-0.2, 0) is 17.7 Å². The number of nitrogens with one attached hydrogen (secondary N) is 2. The normalized spacial score (nSPS) is 13.1. The van der Waals surface area contributed by atoms with Crippen LogP contribution in [0.15, 0.2) is 66.5 Å². The van der Waals surface area contributed by atoms with Crippen molar-refractivity contribution >= 4 is 17.4 Å². The Morgan fingerprint density at radius 3 is 2.70 bits per heavy atom. The van der Waals surface area contributed by atoms with Gasteiger partial charge in [-0.1, -0.05) is 35.9 Å². The van der Waals surface area contributed by atoms with Crippen LogP contribution < -0.4 is 22.1 Å². The van der Waals surface area contributed by atoms with E-state index in [1.165, 1.54) is 24.4 Å². The minimum absolute atomic E-state index is 0.245. The van der Waals surface area contributed by atoms with Crippen molar-refractivity contribution in [3.05, 3.63) is 82.6 Å². The number of nitrogens with two attached hydrogens (primary N) is 2. The van der Waals surface area contributed by atoms with Crippen LogP contribution in [0.25, 0.3) is 0 Å². The molecule has 0 bridgehead atoms. The van der Waals surface area contributed by atoms with E-state index in [4.69, 9.17) is 23.1 Å². The molecule has 2 aromatic rings. The number of aromatic nitrogens is 1. The smallest absolute Gasteiger partial charge is 0.199 e. The Balaban J connectivity index is 0.000000380. The average molecular weight is 388 g/mol. The standard InChI is InChI=1S/C17H18ClN3.C3H8N2O/c18-16-4-2-1-3-15(16)12-21-17-6-5-13(11-20-17)9-14-7-8-19-10-14;1-6-3(5)2-4/h1-6,10-11,19H,7-9,12H2,(H,20,21);2H,4-5H2,1H3/b;3-2+. The molecule has 1 aromatic heterocycles. The van der Waals surface area contributed by atoms with E-state index in [0.717, 1.165) is 35.8 Å². The molecule has 27 heavy (non-hydrogen) atoms. The molecule has 1 aromatic carbocycles. The van der Waals surface area contributed by atoms with E-state index in [-0.39, 0.29) is 5.88 Å². The van der Waals surface area contributed by atoms with Gasteiger partial charge in [-0.2, -0.15) is 0 Å². The quantitative estimate of drug-likeness (QED) is 0.568. The monoisotopic (exact) mass is 387 g/mol. The lowest BCUT2D eigenvalue weighted by molar-refractivity contribution is 0.286. The zero-order chi connectivity index (χ0) is 19.5. The molecule has 6 N–H and O–H groups in total. The van der Waals surface area contributed by atoms with Crippen LogP contribution in [0.2, 0.25) is 5.02 Å². The van der Waals surface area contributed by atoms with E-state index in [9.17, 15) is 0 Å². The van der Waals surface area contributed by atoms with Crippen molar-refractivity contribution in [3.8, 4) is 0 Å². The molecule has 0 atom stereocenters. The van der Waals surface area contributed by atoms with Crippen molar-refractivity contribution in [1.29, 1.82) is 0 Å². The minimum atomic E-state index is 0.245. The summed E-state index contributed by atoms with van der Waals surface area (Å²) < 4.78 is 4.41. The zero-order valence-electron chi connectivity index (χ0n) is 15.4. The second-order valence-electron chi connectivity index (χ2n) is 5.95. The highest BCUT2D eigenvalue weighted by Gasteiger charge is 2.05. The number of ether oxygens (including phenoxy) is 1. The summed E-state index contributed by atoms with van der Waals surface area (Å²) in [6, 6.07) is 12.0. The van der Waals surface area contributed by atoms with Crippen molar-refractivity contribution < 1.29 is 4.74 Å². The number of hydrogen-bond donors (Lipinski definition) is 4. The van der Waals surface area contributed by atoms with Gasteiger partial charge >= 0.3 is 0 Å². The number of hydrogen-bond acceptors (Lipinski definition) is 6. The van der Waals surface area contributed by atoms with Gasteiger partial charge in [0.1, 0.15) is 5.82 Å². The van der Waals surface area contributed by atoms with Crippen LogP contribution in [0.5, 0.6) is 0 Å². The van der Waals surface area contributed by atoms with Crippen molar-refractivity contribution in [2.75, 3.05) is 19.0 Å². The molecule has 0 fully saturated rings. The summed E-state index contributed by atoms with van der Waals surface area (Å²) in [5.41, 5.74) is 13.6. The van der Waals surface area contributed by atoms with Gasteiger partial charge in [-0.3, -0.25) is 0 Å². The average Bonchev–Trinajstić information content (AvgIpc) is 3.21. The number of methoxy groups -OCH3 is 1. The van der Waals surface area contributed by atoms with Gasteiger partial charge in [-0.15, -0.1) is 0 Å². The molecule has 6 nitrogen and oxygen atoms in total. The first-order chi connectivity index (χ1) is 13.1. The van der Waals surface area contributed by atoms with Crippen LogP contribution >= 0.6 is 11.6 Å². The van der Waals surface area contributed by atoms with Crippen LogP contribution in [0.3, 0.4) is 0 Å². The maximum atomic E-state index is 6.14. The molecule has 7 heteroatoms. The number of anilines is 1. The number of rotatable bonds is 6. The molecule has 0 unspecified atom stereocenters. The van der Waals surface area contributed by atoms with Gasteiger partial charge < -0.3 is 26.8 Å². The molecule has 0 amide bonds. The minimum Gasteiger partial charge on any atom is -0.482 e. The molecule has 1 aliphatic rings. The summed E-state index contributed by atoms with van der Waals surface area (Å²) in [5.74, 6) is 1.12. The lowest BCUT2D eigenvalue weighted by Crippen LogP contribution is -2.02. The van der Waals surface area contributed by atoms with E-state index in [1.807, 2.05) is 36.5 Å². The Bertz CT molecular complexity index is 774. The topological polar surface area (TPSA) is 98.2 Å². The third-order valence-electron chi connectivity index (χ3n) is 3.97. The molecular formula is C20H26ClN5O. The first-order valence-electron chi connectivity index (χ1n) is 8.67. The molecule has 0 saturated heterocycles. The van der Waals surface area contributed by atoms with Gasteiger partial charge in [-0.05, 0) is 47.9 Å². The predicted molar refractivity (Wildman–Crippen MR) is 111 cm³/mol. The van der Waals surface area contributed by atoms with Crippen LogP contribution in [0, 0.1) is 0 Å². The van der Waals surface area contributed by atoms with Crippen molar-refractivity contribution in [3.63, 3.8) is 0 Å². The Labute approximate surface area is 165 Å². The van der Waals surface area contributed by atoms with Gasteiger partial charge in [0, 0.05) is 24.3 Å². The Kier molecular flexibility index (Phi) is 8.32. The maximum Gasteiger partial charge on any atom is 0.199 e. The third kappa shape index (κ3) is 7.11. The largest absolute Gasteiger partial charge is 0.482 e. The lowest BCUT2D eigenvalue weighted by Gasteiger charge is -2.08. The summed E-state index contributed by atoms with van der Waals surface area (Å²) in [6.07, 6.45) is 7.36. The zero-order valence-corrected chi connectivity index (χ0v) is 16.2. The van der Waals surface area contributed by atoms with Crippen LogP contribution in [-0.4, -0.2) is 18.6 Å². The fraction of sp³-hybridized carbons (Fsp3) is 0.250. The van der Waals surface area contributed by atoms with Crippen molar-refractivity contribution in [2.24, 2.45) is 11.5 Å². The molecule has 2 heterocycles. The van der Waals surface area contributed by atoms with E-state index in [0.29, 0.717) is 6.54 Å². The summed E-state index contributed by atoms with van der Waals surface area (Å²) in [5, 5.41) is 7.32. The summed E-state index contributed by atoms with van der Waals surface area (Å²) >= 11 is 6.14. The predicted octanol–water partition coefficient (Wildman–Crippen LogP) is 3.12. The number of pyridine rings is 1. The van der Waals surface area contributed by atoms with Gasteiger partial charge in [0.15, 0.2) is 5.88 Å². The summed E-state index contributed by atoms with van der Waals surface area (Å²) in [4.78, 5) is 4.46. The molecule has 144 valence electrons. The summed E-state index contributed by atoms with van der Waals surface area (Å²) in [6.45, 7) is 1.74. The molecular weight excluding hydrogens is 362 g/mol. The number of halogens is 1. The SMILES string of the molecule is CO/C(N)=C/N.Clc1ccccc1CNc1ccc(CC2=CNCC2)cn1. The highest BCUT2D eigenvalue weighted by atomic mass is 35.5. The molecule has 3 rings (SSSR count). The Morgan fingerprint density at radius 1 is 1.33 bits per heavy atom. The summed E-state index contributed by atoms with van der Waals surface area (Å²) in [7, 11) is 1.46. The van der Waals surface area contributed by atoms with Crippen molar-refractivity contribution in [1.82, 2.24) is 10.3 Å². The molecule has 0 radical (unpaired) electrons. The van der Waals surface area contributed by atoms with Gasteiger partial charge in [0.2, 0.25) is 0 Å². The van der Waals surface area contributed by atoms with E-state index in [2.05, 4.69) is 32.6 Å². The highest BCUT2D eigenvalue weighted by molar-refractivity contribution is 6.31. The van der Waals surface area contributed by atoms with Gasteiger partial charge in [-0.25, -0.2) is 4.98 Å². The fourth-order valence-corrected chi connectivity index (χ4v) is 2.65. The Morgan fingerprint density at radius 2 is 2.15 bits per heavy atom. The molecule has 0 spiro atoms. The maximum absolute atomic E-state index is 6.14. The van der Waals surface area contributed by atoms with Gasteiger partial charge in [0.25, 0.3) is 0 Å². The van der Waals surface area contributed by atoms with Crippen molar-refractivity contribution in [2.45, 2.75) is 19.4 Å². The third-order valence-corrected chi connectivity index (χ3v) is 4.34. The molecule has 0 saturated carbocycles. The first kappa shape index (κ1) is 20.5. The number of nitrogens with zero attached hydrogens (tertiary/aromatic N) is 1. The lowest BCUT2D eigenvalue weighted by atomic mass is 10.1. The molecule has 1 aliphatic heterocycles. The fourth-order valence-electron chi connectivity index (χ4n) is 2.45. The second kappa shape index (κ2) is 11.0. The first-order valence-corrected chi connectivity index (χ1v) is 9.05. The Hall–Kier alpha value is -2.86. The van der Waals surface area contributed by atoms with Crippen LogP contribution in [0.4, 0.5) is 5.82 Å². The number of benzene rings is 1.